The molecule has 0 aliphatic rings. The molecular weight excluding hydrogens is 168 g/mol. The Morgan fingerprint density at radius 1 is 0.857 bits per heavy atom. The van der Waals surface area contributed by atoms with Crippen LogP contribution in [0.1, 0.15) is 16.5 Å². The molecule has 0 aromatic heterocycles. The Bertz CT molecular complexity index is 469. The van der Waals surface area contributed by atoms with E-state index in [2.05, 4.69) is 0 Å². The van der Waals surface area contributed by atoms with E-state index in [1.807, 2.05) is 54.6 Å². The summed E-state index contributed by atoms with van der Waals surface area (Å²) in [6.45, 7) is -1.89. The molecule has 0 radical (unpaired) electrons. The highest BCUT2D eigenvalue weighted by atomic mass is 14.0. The number of rotatable bonds is 2. The van der Waals surface area contributed by atoms with Gasteiger partial charge in [0.2, 0.25) is 0 Å². The summed E-state index contributed by atoms with van der Waals surface area (Å²) in [6, 6.07) is 17.7. The van der Waals surface area contributed by atoms with Crippen molar-refractivity contribution in [3.8, 4) is 11.1 Å². The second-order valence-corrected chi connectivity index (χ2v) is 3.24. The van der Waals surface area contributed by atoms with Crippen molar-refractivity contribution in [3.63, 3.8) is 0 Å². The topological polar surface area (TPSA) is 0 Å². The molecule has 0 N–H and O–H groups in total. The maximum absolute atomic E-state index is 7.22. The second kappa shape index (κ2) is 4.10. The second-order valence-electron chi connectivity index (χ2n) is 3.24. The van der Waals surface area contributed by atoms with Gasteiger partial charge in [-0.05, 0) is 23.1 Å². The highest BCUT2D eigenvalue weighted by Gasteiger charge is 1.95. The number of hydrogen-bond donors (Lipinski definition) is 0. The fraction of sp³-hybridized carbons (Fsp3) is 0.143. The Labute approximate surface area is 89.4 Å². The molecule has 2 aromatic carbocycles. The van der Waals surface area contributed by atoms with Crippen molar-refractivity contribution in [2.75, 3.05) is 0 Å². The van der Waals surface area contributed by atoms with Crippen molar-refractivity contribution in [3.05, 3.63) is 60.2 Å². The SMILES string of the molecule is [3H]C([3H])([3H])Cc1ccc(-c2ccccc2)cc1. The third-order valence-electron chi connectivity index (χ3n) is 2.27. The molecule has 0 saturated carbocycles. The van der Waals surface area contributed by atoms with Crippen molar-refractivity contribution >= 4 is 0 Å². The van der Waals surface area contributed by atoms with Crippen LogP contribution in [-0.2, 0) is 6.42 Å². The molecule has 0 atom stereocenters. The van der Waals surface area contributed by atoms with Gasteiger partial charge in [-0.3, -0.25) is 0 Å². The maximum atomic E-state index is 7.22. The van der Waals surface area contributed by atoms with E-state index in [4.69, 9.17) is 4.11 Å². The normalized spacial score (nSPS) is 14.1. The first-order valence-corrected chi connectivity index (χ1v) is 4.69. The van der Waals surface area contributed by atoms with E-state index in [9.17, 15) is 0 Å². The zero-order valence-electron chi connectivity index (χ0n) is 10.9. The van der Waals surface area contributed by atoms with Crippen molar-refractivity contribution in [1.29, 1.82) is 0 Å². The standard InChI is InChI=1S/C14H14/c1-2-12-8-10-14(11-9-12)13-6-4-3-5-7-13/h3-11H,2H2,1H3/i1T3. The lowest BCUT2D eigenvalue weighted by Gasteiger charge is -2.02. The molecule has 0 fully saturated rings. The average molecular weight is 188 g/mol. The van der Waals surface area contributed by atoms with Crippen LogP contribution in [0.4, 0.5) is 0 Å². The minimum absolute atomic E-state index is 0.127. The Morgan fingerprint density at radius 2 is 1.50 bits per heavy atom. The van der Waals surface area contributed by atoms with Gasteiger partial charge in [-0.1, -0.05) is 61.4 Å². The van der Waals surface area contributed by atoms with Crippen LogP contribution in [0.25, 0.3) is 11.1 Å². The summed E-state index contributed by atoms with van der Waals surface area (Å²) < 4.78 is 21.7. The van der Waals surface area contributed by atoms with E-state index in [-0.39, 0.29) is 6.42 Å². The fourth-order valence-electron chi connectivity index (χ4n) is 1.45. The third-order valence-corrected chi connectivity index (χ3v) is 2.27. The minimum Gasteiger partial charge on any atom is -0.0622 e. The molecule has 0 aliphatic carbocycles. The first-order chi connectivity index (χ1) is 8.04. The lowest BCUT2D eigenvalue weighted by atomic mass is 10.0. The van der Waals surface area contributed by atoms with Gasteiger partial charge >= 0.3 is 0 Å². The van der Waals surface area contributed by atoms with E-state index in [1.165, 1.54) is 0 Å². The molecule has 0 nitrogen and oxygen atoms in total. The summed E-state index contributed by atoms with van der Waals surface area (Å²) in [7, 11) is 0. The zero-order chi connectivity index (χ0) is 12.3. The predicted octanol–water partition coefficient (Wildman–Crippen LogP) is 3.92. The quantitative estimate of drug-likeness (QED) is 0.670. The summed E-state index contributed by atoms with van der Waals surface area (Å²) in [5.74, 6) is 0. The fourth-order valence-corrected chi connectivity index (χ4v) is 1.45. The summed E-state index contributed by atoms with van der Waals surface area (Å²) in [5.41, 5.74) is 3.11. The van der Waals surface area contributed by atoms with Gasteiger partial charge in [0.25, 0.3) is 0 Å². The number of benzene rings is 2. The summed E-state index contributed by atoms with van der Waals surface area (Å²) >= 11 is 0. The van der Waals surface area contributed by atoms with Gasteiger partial charge in [0.15, 0.2) is 0 Å². The van der Waals surface area contributed by atoms with E-state index in [0.29, 0.717) is 0 Å². The van der Waals surface area contributed by atoms with E-state index in [1.54, 1.807) is 0 Å². The van der Waals surface area contributed by atoms with Crippen molar-refractivity contribution in [2.24, 2.45) is 0 Å². The summed E-state index contributed by atoms with van der Waals surface area (Å²) in [5, 5.41) is 0. The van der Waals surface area contributed by atoms with E-state index < -0.39 is 6.85 Å². The molecule has 0 amide bonds. The Kier molecular flexibility index (Phi) is 1.76. The lowest BCUT2D eigenvalue weighted by Crippen LogP contribution is -1.80. The molecule has 0 aliphatic heterocycles. The van der Waals surface area contributed by atoms with Gasteiger partial charge in [0.05, 0.1) is 0 Å². The van der Waals surface area contributed by atoms with Crippen LogP contribution in [0.2, 0.25) is 0 Å². The Morgan fingerprint density at radius 3 is 2.14 bits per heavy atom. The maximum Gasteiger partial charge on any atom is 0.0234 e. The first-order valence-electron chi connectivity index (χ1n) is 6.19. The zero-order valence-corrected chi connectivity index (χ0v) is 7.90. The highest BCUT2D eigenvalue weighted by molar-refractivity contribution is 5.63. The van der Waals surface area contributed by atoms with Gasteiger partial charge < -0.3 is 0 Å². The van der Waals surface area contributed by atoms with E-state index in [0.717, 1.165) is 16.7 Å². The summed E-state index contributed by atoms with van der Waals surface area (Å²) in [4.78, 5) is 0. The highest BCUT2D eigenvalue weighted by Crippen LogP contribution is 2.19. The van der Waals surface area contributed by atoms with E-state index >= 15 is 0 Å². The van der Waals surface area contributed by atoms with Crippen LogP contribution in [0.5, 0.6) is 0 Å². The molecule has 0 heteroatoms. The first kappa shape index (κ1) is 6.02. The van der Waals surface area contributed by atoms with Crippen LogP contribution in [0, 0.1) is 0 Å². The van der Waals surface area contributed by atoms with Gasteiger partial charge in [0, 0.05) is 4.11 Å². The monoisotopic (exact) mass is 188 g/mol. The van der Waals surface area contributed by atoms with Crippen molar-refractivity contribution in [2.45, 2.75) is 13.3 Å². The van der Waals surface area contributed by atoms with Gasteiger partial charge in [-0.15, -0.1) is 0 Å². The smallest absolute Gasteiger partial charge is 0.0234 e. The van der Waals surface area contributed by atoms with Crippen molar-refractivity contribution < 1.29 is 4.11 Å². The van der Waals surface area contributed by atoms with Gasteiger partial charge in [0.1, 0.15) is 0 Å². The molecule has 2 rings (SSSR count). The molecule has 70 valence electrons. The molecule has 0 spiro atoms. The Balaban J connectivity index is 2.19. The lowest BCUT2D eigenvalue weighted by molar-refractivity contribution is 1.14. The molecular formula is C14H14. The average Bonchev–Trinajstić information content (AvgIpc) is 2.29. The summed E-state index contributed by atoms with van der Waals surface area (Å²) in [6.07, 6.45) is 0.127. The molecule has 2 aromatic rings. The van der Waals surface area contributed by atoms with Crippen LogP contribution >= 0.6 is 0 Å². The van der Waals surface area contributed by atoms with Crippen LogP contribution in [-0.4, -0.2) is 0 Å². The third kappa shape index (κ3) is 1.85. The number of hydrogen-bond acceptors (Lipinski definition) is 0. The molecule has 0 bridgehead atoms. The largest absolute Gasteiger partial charge is 0.0622 e. The van der Waals surface area contributed by atoms with Crippen LogP contribution < -0.4 is 0 Å². The number of aryl methyl sites for hydroxylation is 1. The predicted molar refractivity (Wildman–Crippen MR) is 61.3 cm³/mol. The van der Waals surface area contributed by atoms with Crippen LogP contribution in [0.15, 0.2) is 54.6 Å². The molecule has 0 heterocycles. The van der Waals surface area contributed by atoms with Crippen molar-refractivity contribution in [1.82, 2.24) is 0 Å². The van der Waals surface area contributed by atoms with Gasteiger partial charge in [-0.2, -0.15) is 0 Å². The molecule has 14 heavy (non-hydrogen) atoms. The molecule has 0 unspecified atom stereocenters. The van der Waals surface area contributed by atoms with Gasteiger partial charge in [-0.25, -0.2) is 0 Å². The van der Waals surface area contributed by atoms with Crippen LogP contribution in [0.3, 0.4) is 0 Å². The Hall–Kier alpha value is -1.56. The molecule has 0 saturated heterocycles. The minimum atomic E-state index is -1.89.